The lowest BCUT2D eigenvalue weighted by molar-refractivity contribution is -0.137. The van der Waals surface area contributed by atoms with Crippen LogP contribution in [0.2, 0.25) is 0 Å². The minimum Gasteiger partial charge on any atom is -0.497 e. The first-order valence-electron chi connectivity index (χ1n) is 9.36. The number of alkyl halides is 3. The molecule has 0 bridgehead atoms. The summed E-state index contributed by atoms with van der Waals surface area (Å²) in [5.74, 6) is -0.508. The minimum atomic E-state index is -4.60. The zero-order chi connectivity index (χ0) is 23.9. The molecule has 9 nitrogen and oxygen atoms in total. The van der Waals surface area contributed by atoms with E-state index in [2.05, 4.69) is 15.0 Å². The minimum absolute atomic E-state index is 0.0175. The number of nitrogens with one attached hydrogen (secondary N) is 1. The van der Waals surface area contributed by atoms with Crippen LogP contribution in [0.15, 0.2) is 47.3 Å². The van der Waals surface area contributed by atoms with Gasteiger partial charge in [-0.15, -0.1) is 0 Å². The Balaban J connectivity index is 2.03. The monoisotopic (exact) mass is 459 g/mol. The van der Waals surface area contributed by atoms with Crippen LogP contribution in [0.3, 0.4) is 0 Å². The van der Waals surface area contributed by atoms with Crippen molar-refractivity contribution in [2.24, 2.45) is 5.73 Å². The van der Waals surface area contributed by atoms with E-state index in [4.69, 9.17) is 15.2 Å². The van der Waals surface area contributed by atoms with Crippen LogP contribution in [0.4, 0.5) is 13.2 Å². The number of carbonyl (C=O) groups excluding carboxylic acids is 1. The van der Waals surface area contributed by atoms with Crippen LogP contribution in [0.1, 0.15) is 16.1 Å². The highest BCUT2D eigenvalue weighted by molar-refractivity contribution is 6.02. The van der Waals surface area contributed by atoms with Gasteiger partial charge in [-0.05, 0) is 24.3 Å². The summed E-state index contributed by atoms with van der Waals surface area (Å²) in [6.45, 7) is 0. The van der Waals surface area contributed by atoms with E-state index in [-0.39, 0.29) is 39.7 Å². The maximum Gasteiger partial charge on any atom is 0.416 e. The molecule has 0 atom stereocenters. The van der Waals surface area contributed by atoms with Crippen LogP contribution in [-0.4, -0.2) is 39.6 Å². The summed E-state index contributed by atoms with van der Waals surface area (Å²) in [6.07, 6.45) is -4.60. The molecule has 4 aromatic rings. The Bertz CT molecular complexity index is 1440. The molecule has 0 radical (unpaired) electrons. The lowest BCUT2D eigenvalue weighted by atomic mass is 10.1. The van der Waals surface area contributed by atoms with Gasteiger partial charge >= 0.3 is 11.9 Å². The van der Waals surface area contributed by atoms with Crippen molar-refractivity contribution in [3.05, 3.63) is 64.2 Å². The zero-order valence-electron chi connectivity index (χ0n) is 17.2. The number of imidazole rings is 1. The number of hydrogen-bond acceptors (Lipinski definition) is 6. The smallest absolute Gasteiger partial charge is 0.416 e. The Labute approximate surface area is 183 Å². The first-order chi connectivity index (χ1) is 15.6. The molecule has 33 heavy (non-hydrogen) atoms. The van der Waals surface area contributed by atoms with E-state index in [1.165, 1.54) is 38.5 Å². The summed E-state index contributed by atoms with van der Waals surface area (Å²) in [5, 5.41) is 0. The highest BCUT2D eigenvalue weighted by Gasteiger charge is 2.31. The molecule has 0 aliphatic carbocycles. The normalized spacial score (nSPS) is 11.5. The average molecular weight is 459 g/mol. The Morgan fingerprint density at radius 2 is 1.85 bits per heavy atom. The lowest BCUT2D eigenvalue weighted by Crippen LogP contribution is -2.16. The molecule has 0 spiro atoms. The van der Waals surface area contributed by atoms with Gasteiger partial charge < -0.3 is 20.2 Å². The number of hydrogen-bond donors (Lipinski definition) is 2. The van der Waals surface area contributed by atoms with Crippen molar-refractivity contribution in [2.75, 3.05) is 14.2 Å². The molecule has 2 aromatic carbocycles. The zero-order valence-corrected chi connectivity index (χ0v) is 17.2. The van der Waals surface area contributed by atoms with Gasteiger partial charge in [0.1, 0.15) is 17.0 Å². The fourth-order valence-corrected chi connectivity index (χ4v) is 3.32. The predicted molar refractivity (Wildman–Crippen MR) is 112 cm³/mol. The largest absolute Gasteiger partial charge is 0.497 e. The number of halogens is 3. The van der Waals surface area contributed by atoms with Crippen molar-refractivity contribution >= 4 is 17.1 Å². The Morgan fingerprint density at radius 3 is 2.48 bits per heavy atom. The Kier molecular flexibility index (Phi) is 5.28. The predicted octanol–water partition coefficient (Wildman–Crippen LogP) is 2.91. The SMILES string of the molecule is COc1ccc(-n2c(=O)[nH]c3c(C(N)=O)nc(-c4cccc(C(F)(F)F)c4)nc32)c(OC)c1. The van der Waals surface area contributed by atoms with E-state index in [1.807, 2.05) is 0 Å². The molecule has 0 unspecified atom stereocenters. The van der Waals surface area contributed by atoms with Crippen molar-refractivity contribution < 1.29 is 27.4 Å². The van der Waals surface area contributed by atoms with Crippen molar-refractivity contribution in [3.63, 3.8) is 0 Å². The molecule has 0 aliphatic rings. The van der Waals surface area contributed by atoms with Crippen molar-refractivity contribution in [3.8, 4) is 28.6 Å². The molecule has 0 fully saturated rings. The lowest BCUT2D eigenvalue weighted by Gasteiger charge is -2.12. The molecule has 170 valence electrons. The van der Waals surface area contributed by atoms with Crippen molar-refractivity contribution in [1.29, 1.82) is 0 Å². The number of fused-ring (bicyclic) bond motifs is 1. The van der Waals surface area contributed by atoms with Gasteiger partial charge in [0.2, 0.25) is 0 Å². The number of aromatic nitrogens is 4. The number of benzene rings is 2. The molecular weight excluding hydrogens is 443 g/mol. The van der Waals surface area contributed by atoms with Crippen LogP contribution < -0.4 is 20.9 Å². The van der Waals surface area contributed by atoms with Crippen LogP contribution in [0.5, 0.6) is 11.5 Å². The number of primary amides is 1. The molecule has 0 saturated heterocycles. The number of nitrogens with zero attached hydrogens (tertiary/aromatic N) is 3. The van der Waals surface area contributed by atoms with Crippen molar-refractivity contribution in [1.82, 2.24) is 19.5 Å². The maximum absolute atomic E-state index is 13.2. The van der Waals surface area contributed by atoms with Crippen LogP contribution >= 0.6 is 0 Å². The average Bonchev–Trinajstić information content (AvgIpc) is 3.12. The third-order valence-electron chi connectivity index (χ3n) is 4.85. The van der Waals surface area contributed by atoms with E-state index >= 15 is 0 Å². The van der Waals surface area contributed by atoms with Gasteiger partial charge in [0.15, 0.2) is 17.2 Å². The topological polar surface area (TPSA) is 125 Å². The van der Waals surface area contributed by atoms with Gasteiger partial charge in [0, 0.05) is 11.6 Å². The van der Waals surface area contributed by atoms with E-state index in [1.54, 1.807) is 6.07 Å². The first kappa shape index (κ1) is 21.9. The quantitative estimate of drug-likeness (QED) is 0.473. The maximum atomic E-state index is 13.2. The van der Waals surface area contributed by atoms with E-state index in [0.717, 1.165) is 16.7 Å². The Morgan fingerprint density at radius 1 is 1.09 bits per heavy atom. The van der Waals surface area contributed by atoms with Gasteiger partial charge in [0.05, 0.1) is 25.5 Å². The number of methoxy groups -OCH3 is 2. The number of ether oxygens (including phenoxy) is 2. The standard InChI is InChI=1S/C21H16F3N5O4/c1-32-12-6-7-13(14(9-12)33-2)29-19-16(27-20(29)31)15(17(25)30)26-18(28-19)10-4-3-5-11(8-10)21(22,23)24/h3-9H,1-2H3,(H2,25,30)(H,27,31). The summed E-state index contributed by atoms with van der Waals surface area (Å²) in [4.78, 5) is 35.7. The summed E-state index contributed by atoms with van der Waals surface area (Å²) in [7, 11) is 2.84. The molecule has 2 aromatic heterocycles. The number of H-pyrrole nitrogens is 1. The second-order valence-electron chi connectivity index (χ2n) is 6.84. The van der Waals surface area contributed by atoms with E-state index < -0.39 is 23.3 Å². The third kappa shape index (κ3) is 3.86. The second-order valence-corrected chi connectivity index (χ2v) is 6.84. The fraction of sp³-hybridized carbons (Fsp3) is 0.143. The summed E-state index contributed by atoms with van der Waals surface area (Å²) >= 11 is 0. The Hall–Kier alpha value is -4.35. The van der Waals surface area contributed by atoms with Gasteiger partial charge in [-0.25, -0.2) is 19.3 Å². The molecule has 0 saturated carbocycles. The highest BCUT2D eigenvalue weighted by atomic mass is 19.4. The number of amides is 1. The summed E-state index contributed by atoms with van der Waals surface area (Å²) < 4.78 is 51.2. The van der Waals surface area contributed by atoms with E-state index in [0.29, 0.717) is 5.75 Å². The molecule has 1 amide bonds. The van der Waals surface area contributed by atoms with Gasteiger partial charge in [-0.1, -0.05) is 12.1 Å². The highest BCUT2D eigenvalue weighted by Crippen LogP contribution is 2.33. The number of aromatic amines is 1. The molecule has 2 heterocycles. The molecule has 3 N–H and O–H groups in total. The molecule has 4 rings (SSSR count). The number of nitrogens with two attached hydrogens (primary N) is 1. The summed E-state index contributed by atoms with van der Waals surface area (Å²) in [5.41, 5.74) is 3.57. The number of carbonyl (C=O) groups is 1. The number of rotatable bonds is 5. The van der Waals surface area contributed by atoms with Gasteiger partial charge in [-0.2, -0.15) is 13.2 Å². The van der Waals surface area contributed by atoms with Crippen LogP contribution in [0.25, 0.3) is 28.2 Å². The molecule has 12 heteroatoms. The van der Waals surface area contributed by atoms with E-state index in [9.17, 15) is 22.8 Å². The molecule has 0 aliphatic heterocycles. The van der Waals surface area contributed by atoms with Crippen LogP contribution in [-0.2, 0) is 6.18 Å². The van der Waals surface area contributed by atoms with Crippen molar-refractivity contribution in [2.45, 2.75) is 6.18 Å². The fourth-order valence-electron chi connectivity index (χ4n) is 3.32. The molecular formula is C21H16F3N5O4. The van der Waals surface area contributed by atoms with Gasteiger partial charge in [-0.3, -0.25) is 4.79 Å². The first-order valence-corrected chi connectivity index (χ1v) is 9.36. The van der Waals surface area contributed by atoms with Gasteiger partial charge in [0.25, 0.3) is 5.91 Å². The third-order valence-corrected chi connectivity index (χ3v) is 4.85. The summed E-state index contributed by atoms with van der Waals surface area (Å²) in [6, 6.07) is 8.91. The van der Waals surface area contributed by atoms with Crippen LogP contribution in [0, 0.1) is 0 Å². The second kappa shape index (κ2) is 7.97.